The van der Waals surface area contributed by atoms with E-state index in [9.17, 15) is 4.79 Å². The summed E-state index contributed by atoms with van der Waals surface area (Å²) in [4.78, 5) is 11.0. The van der Waals surface area contributed by atoms with Gasteiger partial charge in [0.1, 0.15) is 0 Å². The molecule has 0 radical (unpaired) electrons. The topological polar surface area (TPSA) is 54.0 Å². The minimum absolute atomic E-state index is 0.151. The van der Waals surface area contributed by atoms with E-state index in [0.717, 1.165) is 0 Å². The van der Waals surface area contributed by atoms with Gasteiger partial charge in [-0.05, 0) is 6.92 Å². The van der Waals surface area contributed by atoms with Crippen molar-refractivity contribution in [2.75, 3.05) is 27.9 Å². The minimum atomic E-state index is -1.34. The standard InChI is InChI=1S/C9H16O5/c1-7(2)8(10)14-6-9(11-3,12-4)13-5/h1,6H2,2-5H3. The normalized spacial score (nSPS) is 11.1. The highest BCUT2D eigenvalue weighted by Crippen LogP contribution is 2.12. The SMILES string of the molecule is C=C(C)C(=O)OCC(OC)(OC)OC. The van der Waals surface area contributed by atoms with E-state index in [1.807, 2.05) is 0 Å². The summed E-state index contributed by atoms with van der Waals surface area (Å²) in [6.07, 6.45) is 0. The van der Waals surface area contributed by atoms with Gasteiger partial charge in [0, 0.05) is 26.9 Å². The minimum Gasteiger partial charge on any atom is -0.454 e. The molecular weight excluding hydrogens is 188 g/mol. The number of carbonyl (C=O) groups is 1. The molecule has 82 valence electrons. The molecule has 0 aromatic carbocycles. The van der Waals surface area contributed by atoms with Crippen LogP contribution in [0.4, 0.5) is 0 Å². The van der Waals surface area contributed by atoms with Gasteiger partial charge < -0.3 is 18.9 Å². The molecule has 0 aromatic heterocycles. The summed E-state index contributed by atoms with van der Waals surface area (Å²) >= 11 is 0. The molecule has 0 heterocycles. The summed E-state index contributed by atoms with van der Waals surface area (Å²) < 4.78 is 19.6. The van der Waals surface area contributed by atoms with Crippen LogP contribution in [0.1, 0.15) is 6.92 Å². The van der Waals surface area contributed by atoms with Crippen LogP contribution in [0.15, 0.2) is 12.2 Å². The number of rotatable bonds is 6. The second-order valence-electron chi connectivity index (χ2n) is 2.65. The van der Waals surface area contributed by atoms with Gasteiger partial charge in [-0.25, -0.2) is 4.79 Å². The molecule has 0 fully saturated rings. The lowest BCUT2D eigenvalue weighted by Crippen LogP contribution is -2.41. The summed E-state index contributed by atoms with van der Waals surface area (Å²) in [5, 5.41) is 0. The van der Waals surface area contributed by atoms with Gasteiger partial charge >= 0.3 is 11.9 Å². The van der Waals surface area contributed by atoms with Crippen LogP contribution in [0.3, 0.4) is 0 Å². The molecule has 0 rings (SSSR count). The highest BCUT2D eigenvalue weighted by atomic mass is 16.9. The Bertz CT molecular complexity index is 199. The van der Waals surface area contributed by atoms with Crippen molar-refractivity contribution >= 4 is 5.97 Å². The Morgan fingerprint density at radius 2 is 1.64 bits per heavy atom. The molecule has 5 heteroatoms. The highest BCUT2D eigenvalue weighted by molar-refractivity contribution is 5.86. The van der Waals surface area contributed by atoms with E-state index in [1.165, 1.54) is 21.3 Å². The molecule has 0 aliphatic rings. The Kier molecular flexibility index (Phi) is 5.37. The first kappa shape index (κ1) is 13.1. The number of ether oxygens (including phenoxy) is 4. The first-order valence-corrected chi connectivity index (χ1v) is 3.99. The number of hydrogen-bond donors (Lipinski definition) is 0. The molecule has 0 unspecified atom stereocenters. The van der Waals surface area contributed by atoms with Gasteiger partial charge in [0.15, 0.2) is 6.61 Å². The Balaban J connectivity index is 4.19. The zero-order chi connectivity index (χ0) is 11.2. The van der Waals surface area contributed by atoms with E-state index in [4.69, 9.17) is 18.9 Å². The van der Waals surface area contributed by atoms with Crippen molar-refractivity contribution in [2.45, 2.75) is 12.9 Å². The van der Waals surface area contributed by atoms with Crippen LogP contribution in [0.25, 0.3) is 0 Å². The van der Waals surface area contributed by atoms with Gasteiger partial charge in [0.25, 0.3) is 0 Å². The van der Waals surface area contributed by atoms with E-state index in [2.05, 4.69) is 6.58 Å². The maximum absolute atomic E-state index is 11.0. The van der Waals surface area contributed by atoms with Crippen molar-refractivity contribution < 1.29 is 23.7 Å². The molecule has 0 aromatic rings. The summed E-state index contributed by atoms with van der Waals surface area (Å²) in [5.41, 5.74) is 0.308. The van der Waals surface area contributed by atoms with Gasteiger partial charge in [-0.1, -0.05) is 6.58 Å². The van der Waals surface area contributed by atoms with E-state index < -0.39 is 11.9 Å². The molecule has 0 amide bonds. The first-order chi connectivity index (χ1) is 6.51. The molecule has 0 bridgehead atoms. The average Bonchev–Trinajstić information content (AvgIpc) is 2.20. The lowest BCUT2D eigenvalue weighted by atomic mass is 10.4. The summed E-state index contributed by atoms with van der Waals surface area (Å²) in [6, 6.07) is 0. The van der Waals surface area contributed by atoms with Crippen LogP contribution in [0, 0.1) is 0 Å². The molecule has 0 aliphatic carbocycles. The molecule has 0 saturated heterocycles. The van der Waals surface area contributed by atoms with Gasteiger partial charge in [0.2, 0.25) is 0 Å². The Hall–Kier alpha value is -0.910. The molecule has 0 aliphatic heterocycles. The zero-order valence-corrected chi connectivity index (χ0v) is 8.96. The van der Waals surface area contributed by atoms with Crippen LogP contribution in [-0.2, 0) is 23.7 Å². The molecule has 0 atom stereocenters. The highest BCUT2D eigenvalue weighted by Gasteiger charge is 2.31. The van der Waals surface area contributed by atoms with E-state index in [0.29, 0.717) is 5.57 Å². The molecule has 14 heavy (non-hydrogen) atoms. The molecule has 0 N–H and O–H groups in total. The van der Waals surface area contributed by atoms with Gasteiger partial charge in [-0.15, -0.1) is 0 Å². The smallest absolute Gasteiger partial charge is 0.333 e. The second kappa shape index (κ2) is 5.74. The Morgan fingerprint density at radius 1 is 1.21 bits per heavy atom. The zero-order valence-electron chi connectivity index (χ0n) is 8.96. The van der Waals surface area contributed by atoms with Crippen LogP contribution in [-0.4, -0.2) is 39.9 Å². The number of hydrogen-bond acceptors (Lipinski definition) is 5. The largest absolute Gasteiger partial charge is 0.454 e. The first-order valence-electron chi connectivity index (χ1n) is 3.99. The van der Waals surface area contributed by atoms with Crippen molar-refractivity contribution in [1.29, 1.82) is 0 Å². The van der Waals surface area contributed by atoms with Crippen LogP contribution in [0.5, 0.6) is 0 Å². The van der Waals surface area contributed by atoms with Crippen LogP contribution in [0.2, 0.25) is 0 Å². The second-order valence-corrected chi connectivity index (χ2v) is 2.65. The fourth-order valence-electron chi connectivity index (χ4n) is 0.704. The number of methoxy groups -OCH3 is 3. The maximum atomic E-state index is 11.0. The lowest BCUT2D eigenvalue weighted by Gasteiger charge is -2.27. The van der Waals surface area contributed by atoms with Crippen molar-refractivity contribution in [2.24, 2.45) is 0 Å². The monoisotopic (exact) mass is 204 g/mol. The number of esters is 1. The lowest BCUT2D eigenvalue weighted by molar-refractivity contribution is -0.364. The molecule has 5 nitrogen and oxygen atoms in total. The van der Waals surface area contributed by atoms with Crippen LogP contribution >= 0.6 is 0 Å². The quantitative estimate of drug-likeness (QED) is 0.362. The molecule has 0 spiro atoms. The van der Waals surface area contributed by atoms with E-state index in [-0.39, 0.29) is 6.61 Å². The third-order valence-corrected chi connectivity index (χ3v) is 1.66. The van der Waals surface area contributed by atoms with E-state index >= 15 is 0 Å². The summed E-state index contributed by atoms with van der Waals surface area (Å²) in [7, 11) is 4.17. The van der Waals surface area contributed by atoms with Gasteiger partial charge in [-0.2, -0.15) is 0 Å². The Morgan fingerprint density at radius 3 is 1.93 bits per heavy atom. The maximum Gasteiger partial charge on any atom is 0.333 e. The fraction of sp³-hybridized carbons (Fsp3) is 0.667. The predicted molar refractivity (Wildman–Crippen MR) is 49.5 cm³/mol. The van der Waals surface area contributed by atoms with Crippen molar-refractivity contribution in [3.8, 4) is 0 Å². The third kappa shape index (κ3) is 3.45. The summed E-state index contributed by atoms with van der Waals surface area (Å²) in [6.45, 7) is 4.84. The number of carbonyl (C=O) groups excluding carboxylic acids is 1. The average molecular weight is 204 g/mol. The van der Waals surface area contributed by atoms with Crippen molar-refractivity contribution in [3.63, 3.8) is 0 Å². The van der Waals surface area contributed by atoms with Crippen molar-refractivity contribution in [3.05, 3.63) is 12.2 Å². The Labute approximate surface area is 83.6 Å². The van der Waals surface area contributed by atoms with Gasteiger partial charge in [0.05, 0.1) is 0 Å². The van der Waals surface area contributed by atoms with Gasteiger partial charge in [-0.3, -0.25) is 0 Å². The van der Waals surface area contributed by atoms with E-state index in [1.54, 1.807) is 6.92 Å². The summed E-state index contributed by atoms with van der Waals surface area (Å²) in [5.74, 6) is -1.86. The molecule has 0 saturated carbocycles. The van der Waals surface area contributed by atoms with Crippen molar-refractivity contribution in [1.82, 2.24) is 0 Å². The predicted octanol–water partition coefficient (Wildman–Crippen LogP) is 0.699. The van der Waals surface area contributed by atoms with Crippen LogP contribution < -0.4 is 0 Å². The third-order valence-electron chi connectivity index (χ3n) is 1.66. The fourth-order valence-corrected chi connectivity index (χ4v) is 0.704. The molecular formula is C9H16O5.